The maximum Gasteiger partial charge on any atom is 0.328 e. The molecule has 5 heteroatoms. The monoisotopic (exact) mass is 265 g/mol. The van der Waals surface area contributed by atoms with Crippen LogP contribution in [0.5, 0.6) is 0 Å². The quantitative estimate of drug-likeness (QED) is 0.598. The molecule has 82 valence electrons. The van der Waals surface area contributed by atoms with Crippen LogP contribution in [0.2, 0.25) is 0 Å². The first kappa shape index (κ1) is 13.4. The number of nitrogens with one attached hydrogen (secondary N) is 1. The highest BCUT2D eigenvalue weighted by atomic mass is 79.9. The van der Waals surface area contributed by atoms with Gasteiger partial charge in [-0.15, -0.1) is 0 Å². The van der Waals surface area contributed by atoms with Crippen LogP contribution in [0, 0.1) is 5.92 Å². The summed E-state index contributed by atoms with van der Waals surface area (Å²) in [4.78, 5) is 22.4. The van der Waals surface area contributed by atoms with Crippen LogP contribution in [0.4, 0.5) is 0 Å². The second-order valence-electron chi connectivity index (χ2n) is 3.09. The molecule has 0 saturated heterocycles. The van der Waals surface area contributed by atoms with Gasteiger partial charge >= 0.3 is 5.97 Å². The van der Waals surface area contributed by atoms with E-state index in [0.29, 0.717) is 0 Å². The van der Waals surface area contributed by atoms with Crippen molar-refractivity contribution >= 4 is 27.8 Å². The molecule has 14 heavy (non-hydrogen) atoms. The Morgan fingerprint density at radius 2 is 2.07 bits per heavy atom. The second kappa shape index (κ2) is 6.81. The lowest BCUT2D eigenvalue weighted by atomic mass is 9.99. The Morgan fingerprint density at radius 1 is 1.50 bits per heavy atom. The molecule has 0 saturated carbocycles. The van der Waals surface area contributed by atoms with Crippen LogP contribution in [0.1, 0.15) is 20.3 Å². The van der Waals surface area contributed by atoms with Gasteiger partial charge in [-0.05, 0) is 5.92 Å². The van der Waals surface area contributed by atoms with E-state index in [0.717, 1.165) is 6.42 Å². The van der Waals surface area contributed by atoms with E-state index in [1.54, 1.807) is 0 Å². The third kappa shape index (κ3) is 4.09. The summed E-state index contributed by atoms with van der Waals surface area (Å²) in [5, 5.41) is 2.80. The van der Waals surface area contributed by atoms with Gasteiger partial charge in [0.1, 0.15) is 6.04 Å². The third-order valence-electron chi connectivity index (χ3n) is 2.11. The molecule has 0 heterocycles. The summed E-state index contributed by atoms with van der Waals surface area (Å²) < 4.78 is 4.61. The van der Waals surface area contributed by atoms with E-state index in [-0.39, 0.29) is 17.2 Å². The van der Waals surface area contributed by atoms with Crippen molar-refractivity contribution in [3.8, 4) is 0 Å². The molecule has 1 amide bonds. The summed E-state index contributed by atoms with van der Waals surface area (Å²) in [5.74, 6) is -0.528. The lowest BCUT2D eigenvalue weighted by Crippen LogP contribution is -2.46. The smallest absolute Gasteiger partial charge is 0.328 e. The summed E-state index contributed by atoms with van der Waals surface area (Å²) in [7, 11) is 1.32. The molecule has 4 nitrogen and oxygen atoms in total. The minimum atomic E-state index is -0.546. The molecule has 0 aliphatic carbocycles. The predicted octanol–water partition coefficient (Wildman–Crippen LogP) is 1.09. The van der Waals surface area contributed by atoms with Crippen LogP contribution in [0.15, 0.2) is 0 Å². The van der Waals surface area contributed by atoms with Crippen LogP contribution >= 0.6 is 15.9 Å². The molecule has 0 spiro atoms. The fourth-order valence-corrected chi connectivity index (χ4v) is 1.17. The summed E-state index contributed by atoms with van der Waals surface area (Å²) >= 11 is 3.02. The molecule has 0 radical (unpaired) electrons. The van der Waals surface area contributed by atoms with Gasteiger partial charge in [-0.1, -0.05) is 36.2 Å². The SMILES string of the molecule is CC[C@H](C)[C@H](NC(=O)CBr)C(=O)OC. The maximum atomic E-state index is 11.3. The van der Waals surface area contributed by atoms with Crippen molar-refractivity contribution in [1.82, 2.24) is 5.32 Å². The van der Waals surface area contributed by atoms with Crippen LogP contribution in [0.25, 0.3) is 0 Å². The molecule has 1 N–H and O–H groups in total. The lowest BCUT2D eigenvalue weighted by molar-refractivity contribution is -0.146. The molecule has 0 aromatic carbocycles. The highest BCUT2D eigenvalue weighted by Crippen LogP contribution is 2.09. The maximum absolute atomic E-state index is 11.3. The summed E-state index contributed by atoms with van der Waals surface area (Å²) in [6.45, 7) is 3.86. The Morgan fingerprint density at radius 3 is 2.43 bits per heavy atom. The summed E-state index contributed by atoms with van der Waals surface area (Å²) in [6.07, 6.45) is 0.808. The van der Waals surface area contributed by atoms with Crippen molar-refractivity contribution in [2.75, 3.05) is 12.4 Å². The second-order valence-corrected chi connectivity index (χ2v) is 3.65. The summed E-state index contributed by atoms with van der Waals surface area (Å²) in [5.41, 5.74) is 0. The van der Waals surface area contributed by atoms with Crippen molar-refractivity contribution < 1.29 is 14.3 Å². The molecule has 0 rings (SSSR count). The number of esters is 1. The zero-order valence-corrected chi connectivity index (χ0v) is 10.3. The standard InChI is InChI=1S/C9H16BrNO3/c1-4-6(2)8(9(13)14-3)11-7(12)5-10/h6,8H,4-5H2,1-3H3,(H,11,12)/t6-,8-/m0/s1. The first-order valence-electron chi connectivity index (χ1n) is 4.49. The molecular weight excluding hydrogens is 250 g/mol. The number of carbonyl (C=O) groups excluding carboxylic acids is 2. The highest BCUT2D eigenvalue weighted by molar-refractivity contribution is 9.09. The minimum Gasteiger partial charge on any atom is -0.467 e. The van der Waals surface area contributed by atoms with Crippen molar-refractivity contribution in [1.29, 1.82) is 0 Å². The molecule has 0 aromatic heterocycles. The molecule has 0 aliphatic heterocycles. The average molecular weight is 266 g/mol. The number of amides is 1. The number of alkyl halides is 1. The highest BCUT2D eigenvalue weighted by Gasteiger charge is 2.25. The Hall–Kier alpha value is -0.580. The Bertz CT molecular complexity index is 208. The normalized spacial score (nSPS) is 14.3. The van der Waals surface area contributed by atoms with Crippen LogP contribution < -0.4 is 5.32 Å². The van der Waals surface area contributed by atoms with E-state index >= 15 is 0 Å². The van der Waals surface area contributed by atoms with Gasteiger partial charge in [-0.25, -0.2) is 4.79 Å². The fraction of sp³-hybridized carbons (Fsp3) is 0.778. The van der Waals surface area contributed by atoms with Gasteiger partial charge < -0.3 is 10.1 Å². The minimum absolute atomic E-state index is 0.0745. The van der Waals surface area contributed by atoms with Gasteiger partial charge in [0, 0.05) is 0 Å². The van der Waals surface area contributed by atoms with E-state index < -0.39 is 12.0 Å². The first-order chi connectivity index (χ1) is 6.56. The van der Waals surface area contributed by atoms with Crippen LogP contribution in [-0.4, -0.2) is 30.4 Å². The first-order valence-corrected chi connectivity index (χ1v) is 5.62. The van der Waals surface area contributed by atoms with Gasteiger partial charge in [-0.3, -0.25) is 4.79 Å². The van der Waals surface area contributed by atoms with Gasteiger partial charge in [-0.2, -0.15) is 0 Å². The number of ether oxygens (including phenoxy) is 1. The van der Waals surface area contributed by atoms with Crippen molar-refractivity contribution in [3.05, 3.63) is 0 Å². The Balaban J connectivity index is 4.39. The van der Waals surface area contributed by atoms with Crippen molar-refractivity contribution in [3.63, 3.8) is 0 Å². The topological polar surface area (TPSA) is 55.4 Å². The van der Waals surface area contributed by atoms with E-state index in [1.165, 1.54) is 7.11 Å². The Labute approximate surface area is 92.5 Å². The molecule has 0 bridgehead atoms. The number of hydrogen-bond donors (Lipinski definition) is 1. The Kier molecular flexibility index (Phi) is 6.53. The zero-order valence-electron chi connectivity index (χ0n) is 8.67. The zero-order chi connectivity index (χ0) is 11.1. The molecule has 2 atom stereocenters. The van der Waals surface area contributed by atoms with Crippen molar-refractivity contribution in [2.45, 2.75) is 26.3 Å². The number of halogens is 1. The van der Waals surface area contributed by atoms with E-state index in [4.69, 9.17) is 0 Å². The van der Waals surface area contributed by atoms with Gasteiger partial charge in [0.15, 0.2) is 0 Å². The number of rotatable bonds is 5. The van der Waals surface area contributed by atoms with Crippen LogP contribution in [-0.2, 0) is 14.3 Å². The van der Waals surface area contributed by atoms with Gasteiger partial charge in [0.25, 0.3) is 0 Å². The number of hydrogen-bond acceptors (Lipinski definition) is 3. The largest absolute Gasteiger partial charge is 0.467 e. The molecule has 0 aliphatic rings. The number of carbonyl (C=O) groups is 2. The molecule has 0 fully saturated rings. The van der Waals surface area contributed by atoms with Crippen LogP contribution in [0.3, 0.4) is 0 Å². The third-order valence-corrected chi connectivity index (χ3v) is 2.62. The van der Waals surface area contributed by atoms with E-state index in [9.17, 15) is 9.59 Å². The van der Waals surface area contributed by atoms with Gasteiger partial charge in [0.2, 0.25) is 5.91 Å². The van der Waals surface area contributed by atoms with Crippen molar-refractivity contribution in [2.24, 2.45) is 5.92 Å². The van der Waals surface area contributed by atoms with Gasteiger partial charge in [0.05, 0.1) is 12.4 Å². The predicted molar refractivity (Wildman–Crippen MR) is 57.2 cm³/mol. The van der Waals surface area contributed by atoms with E-state index in [2.05, 4.69) is 26.0 Å². The summed E-state index contributed by atoms with van der Waals surface area (Å²) in [6, 6.07) is -0.546. The molecule has 0 unspecified atom stereocenters. The average Bonchev–Trinajstić information content (AvgIpc) is 2.23. The van der Waals surface area contributed by atoms with E-state index in [1.807, 2.05) is 13.8 Å². The molecular formula is C9H16BrNO3. The lowest BCUT2D eigenvalue weighted by Gasteiger charge is -2.21. The number of methoxy groups -OCH3 is 1. The molecule has 0 aromatic rings. The fourth-order valence-electron chi connectivity index (χ4n) is 1.01.